The van der Waals surface area contributed by atoms with E-state index in [1.165, 1.54) is 51.4 Å². The second-order valence-corrected chi connectivity index (χ2v) is 5.76. The molecular formula is C15H30O. The van der Waals surface area contributed by atoms with Crippen LogP contribution < -0.4 is 0 Å². The lowest BCUT2D eigenvalue weighted by atomic mass is 9.77. The first-order chi connectivity index (χ1) is 7.74. The van der Waals surface area contributed by atoms with Crippen molar-refractivity contribution in [1.29, 1.82) is 0 Å². The summed E-state index contributed by atoms with van der Waals surface area (Å²) >= 11 is 0. The second kappa shape index (κ2) is 8.11. The van der Waals surface area contributed by atoms with Crippen LogP contribution in [0.25, 0.3) is 0 Å². The van der Waals surface area contributed by atoms with Crippen LogP contribution in [0.4, 0.5) is 0 Å². The van der Waals surface area contributed by atoms with Gasteiger partial charge in [0.25, 0.3) is 0 Å². The fourth-order valence-electron chi connectivity index (χ4n) is 3.02. The summed E-state index contributed by atoms with van der Waals surface area (Å²) in [5.74, 6) is 1.65. The van der Waals surface area contributed by atoms with E-state index in [0.717, 1.165) is 24.7 Å². The zero-order valence-electron chi connectivity index (χ0n) is 11.3. The topological polar surface area (TPSA) is 20.2 Å². The summed E-state index contributed by atoms with van der Waals surface area (Å²) in [6.07, 6.45) is 12.7. The Morgan fingerprint density at radius 2 is 1.88 bits per heavy atom. The Bertz CT molecular complexity index is 167. The lowest BCUT2D eigenvalue weighted by Gasteiger charge is -2.30. The number of hydrogen-bond acceptors (Lipinski definition) is 1. The minimum atomic E-state index is -0.0255. The first-order valence-electron chi connectivity index (χ1n) is 7.42. The van der Waals surface area contributed by atoms with Crippen molar-refractivity contribution in [2.45, 2.75) is 84.2 Å². The van der Waals surface area contributed by atoms with Gasteiger partial charge in [-0.2, -0.15) is 0 Å². The Balaban J connectivity index is 2.09. The summed E-state index contributed by atoms with van der Waals surface area (Å²) in [5, 5.41) is 10.0. The predicted molar refractivity (Wildman–Crippen MR) is 70.5 cm³/mol. The van der Waals surface area contributed by atoms with E-state index in [2.05, 4.69) is 13.8 Å². The molecule has 1 rings (SSSR count). The van der Waals surface area contributed by atoms with Crippen LogP contribution in [-0.4, -0.2) is 11.2 Å². The van der Waals surface area contributed by atoms with E-state index in [9.17, 15) is 5.11 Å². The lowest BCUT2D eigenvalue weighted by Crippen LogP contribution is -2.22. The van der Waals surface area contributed by atoms with E-state index in [4.69, 9.17) is 0 Å². The fourth-order valence-corrected chi connectivity index (χ4v) is 3.02. The van der Waals surface area contributed by atoms with Crippen molar-refractivity contribution in [3.05, 3.63) is 0 Å². The molecule has 0 radical (unpaired) electrons. The zero-order chi connectivity index (χ0) is 11.8. The molecule has 3 atom stereocenters. The number of rotatable bonds is 7. The molecule has 0 aromatic rings. The van der Waals surface area contributed by atoms with Crippen LogP contribution in [0, 0.1) is 11.8 Å². The molecular weight excluding hydrogens is 196 g/mol. The molecule has 96 valence electrons. The van der Waals surface area contributed by atoms with E-state index in [-0.39, 0.29) is 6.10 Å². The van der Waals surface area contributed by atoms with Gasteiger partial charge in [0, 0.05) is 0 Å². The highest BCUT2D eigenvalue weighted by molar-refractivity contribution is 4.75. The fraction of sp³-hybridized carbons (Fsp3) is 1.00. The van der Waals surface area contributed by atoms with Gasteiger partial charge in [0.2, 0.25) is 0 Å². The molecule has 1 fully saturated rings. The SMILES string of the molecule is CCCCCCC(O)C[C@@H]1CCCC[C@@H]1C. The molecule has 1 saturated carbocycles. The van der Waals surface area contributed by atoms with Crippen LogP contribution in [0.15, 0.2) is 0 Å². The molecule has 0 spiro atoms. The third kappa shape index (κ3) is 5.34. The second-order valence-electron chi connectivity index (χ2n) is 5.76. The Labute approximate surface area is 102 Å². The molecule has 0 amide bonds. The Hall–Kier alpha value is -0.0400. The summed E-state index contributed by atoms with van der Waals surface area (Å²) in [6.45, 7) is 4.60. The first kappa shape index (κ1) is 14.0. The van der Waals surface area contributed by atoms with Crippen molar-refractivity contribution in [2.75, 3.05) is 0 Å². The largest absolute Gasteiger partial charge is 0.393 e. The van der Waals surface area contributed by atoms with E-state index in [1.54, 1.807) is 0 Å². The average molecular weight is 226 g/mol. The molecule has 0 aromatic carbocycles. The highest BCUT2D eigenvalue weighted by Crippen LogP contribution is 2.33. The van der Waals surface area contributed by atoms with Crippen molar-refractivity contribution in [3.63, 3.8) is 0 Å². The summed E-state index contributed by atoms with van der Waals surface area (Å²) in [7, 11) is 0. The van der Waals surface area contributed by atoms with Gasteiger partial charge < -0.3 is 5.11 Å². The molecule has 1 N–H and O–H groups in total. The summed E-state index contributed by atoms with van der Waals surface area (Å²) in [4.78, 5) is 0. The molecule has 0 saturated heterocycles. The van der Waals surface area contributed by atoms with Crippen LogP contribution in [0.2, 0.25) is 0 Å². The molecule has 1 aliphatic carbocycles. The average Bonchev–Trinajstić information content (AvgIpc) is 2.28. The molecule has 16 heavy (non-hydrogen) atoms. The van der Waals surface area contributed by atoms with Crippen molar-refractivity contribution in [2.24, 2.45) is 11.8 Å². The van der Waals surface area contributed by atoms with Gasteiger partial charge in [-0.25, -0.2) is 0 Å². The molecule has 1 unspecified atom stereocenters. The van der Waals surface area contributed by atoms with Gasteiger partial charge in [0.15, 0.2) is 0 Å². The first-order valence-corrected chi connectivity index (χ1v) is 7.42. The zero-order valence-corrected chi connectivity index (χ0v) is 11.3. The van der Waals surface area contributed by atoms with Gasteiger partial charge in [-0.05, 0) is 24.7 Å². The van der Waals surface area contributed by atoms with E-state index in [0.29, 0.717) is 0 Å². The highest BCUT2D eigenvalue weighted by atomic mass is 16.3. The van der Waals surface area contributed by atoms with Crippen LogP contribution in [0.1, 0.15) is 78.1 Å². The summed E-state index contributed by atoms with van der Waals surface area (Å²) < 4.78 is 0. The van der Waals surface area contributed by atoms with Gasteiger partial charge >= 0.3 is 0 Å². The molecule has 0 bridgehead atoms. The van der Waals surface area contributed by atoms with Crippen LogP contribution in [0.5, 0.6) is 0 Å². The van der Waals surface area contributed by atoms with Crippen molar-refractivity contribution < 1.29 is 5.11 Å². The van der Waals surface area contributed by atoms with E-state index in [1.807, 2.05) is 0 Å². The Morgan fingerprint density at radius 3 is 2.56 bits per heavy atom. The Kier molecular flexibility index (Phi) is 7.11. The quantitative estimate of drug-likeness (QED) is 0.632. The number of aliphatic hydroxyl groups is 1. The molecule has 1 heteroatoms. The lowest BCUT2D eigenvalue weighted by molar-refractivity contribution is 0.100. The van der Waals surface area contributed by atoms with Gasteiger partial charge in [-0.15, -0.1) is 0 Å². The predicted octanol–water partition coefficient (Wildman–Crippen LogP) is 4.53. The summed E-state index contributed by atoms with van der Waals surface area (Å²) in [6, 6.07) is 0. The van der Waals surface area contributed by atoms with Gasteiger partial charge in [-0.1, -0.05) is 65.2 Å². The maximum Gasteiger partial charge on any atom is 0.0543 e. The molecule has 0 aromatic heterocycles. The van der Waals surface area contributed by atoms with Crippen molar-refractivity contribution >= 4 is 0 Å². The molecule has 1 nitrogen and oxygen atoms in total. The van der Waals surface area contributed by atoms with Crippen molar-refractivity contribution in [3.8, 4) is 0 Å². The minimum absolute atomic E-state index is 0.0255. The molecule has 0 heterocycles. The number of aliphatic hydroxyl groups excluding tert-OH is 1. The number of hydrogen-bond donors (Lipinski definition) is 1. The van der Waals surface area contributed by atoms with Gasteiger partial charge in [0.05, 0.1) is 6.10 Å². The standard InChI is InChI=1S/C15H30O/c1-3-4-5-6-11-15(16)12-14-10-8-7-9-13(14)2/h13-16H,3-12H2,1-2H3/t13-,14-,15?/m0/s1. The van der Waals surface area contributed by atoms with Crippen molar-refractivity contribution in [1.82, 2.24) is 0 Å². The van der Waals surface area contributed by atoms with Crippen LogP contribution in [-0.2, 0) is 0 Å². The van der Waals surface area contributed by atoms with Gasteiger partial charge in [0.1, 0.15) is 0 Å². The van der Waals surface area contributed by atoms with Crippen LogP contribution >= 0.6 is 0 Å². The van der Waals surface area contributed by atoms with Gasteiger partial charge in [-0.3, -0.25) is 0 Å². The monoisotopic (exact) mass is 226 g/mol. The maximum atomic E-state index is 10.0. The Morgan fingerprint density at radius 1 is 1.12 bits per heavy atom. The molecule has 0 aliphatic heterocycles. The summed E-state index contributed by atoms with van der Waals surface area (Å²) in [5.41, 5.74) is 0. The smallest absolute Gasteiger partial charge is 0.0543 e. The minimum Gasteiger partial charge on any atom is -0.393 e. The number of unbranched alkanes of at least 4 members (excludes halogenated alkanes) is 3. The third-order valence-corrected chi connectivity index (χ3v) is 4.25. The third-order valence-electron chi connectivity index (χ3n) is 4.25. The molecule has 1 aliphatic rings. The van der Waals surface area contributed by atoms with Crippen LogP contribution in [0.3, 0.4) is 0 Å². The van der Waals surface area contributed by atoms with E-state index < -0.39 is 0 Å². The van der Waals surface area contributed by atoms with E-state index >= 15 is 0 Å². The normalized spacial score (nSPS) is 27.9. The maximum absolute atomic E-state index is 10.0. The highest BCUT2D eigenvalue weighted by Gasteiger charge is 2.23.